The number of carbonyl (C=O) groups is 2. The number of hydrogen-bond donors (Lipinski definition) is 0. The standard InChI is InChI=1S/C15H26N2O3/c1-11-4-6-16(7-5-11)15(19)13-8-14(18)17(9-13)12(2)10-20-3/h11-13H,4-10H2,1-3H3/t12-,13+/m0/s1. The van der Waals surface area contributed by atoms with Gasteiger partial charge in [-0.3, -0.25) is 9.59 Å². The van der Waals surface area contributed by atoms with Crippen LogP contribution < -0.4 is 0 Å². The number of amides is 2. The average molecular weight is 282 g/mol. The number of nitrogens with zero attached hydrogens (tertiary/aromatic N) is 2. The van der Waals surface area contributed by atoms with Crippen LogP contribution in [-0.4, -0.2) is 61.0 Å². The van der Waals surface area contributed by atoms with E-state index >= 15 is 0 Å². The summed E-state index contributed by atoms with van der Waals surface area (Å²) in [5.74, 6) is 0.799. The van der Waals surface area contributed by atoms with E-state index in [0.717, 1.165) is 25.9 Å². The molecule has 0 aliphatic carbocycles. The fourth-order valence-electron chi connectivity index (χ4n) is 3.14. The number of carbonyl (C=O) groups excluding carboxylic acids is 2. The van der Waals surface area contributed by atoms with Crippen molar-refractivity contribution in [3.8, 4) is 0 Å². The summed E-state index contributed by atoms with van der Waals surface area (Å²) in [5, 5.41) is 0. The number of rotatable bonds is 4. The van der Waals surface area contributed by atoms with E-state index in [1.54, 1.807) is 12.0 Å². The molecule has 0 saturated carbocycles. The molecule has 2 aliphatic rings. The molecule has 0 aromatic carbocycles. The van der Waals surface area contributed by atoms with Crippen molar-refractivity contribution in [2.45, 2.75) is 39.2 Å². The third kappa shape index (κ3) is 3.32. The maximum atomic E-state index is 12.5. The van der Waals surface area contributed by atoms with E-state index in [2.05, 4.69) is 6.92 Å². The van der Waals surface area contributed by atoms with Crippen molar-refractivity contribution in [2.75, 3.05) is 33.4 Å². The zero-order valence-corrected chi connectivity index (χ0v) is 12.8. The molecular formula is C15H26N2O3. The van der Waals surface area contributed by atoms with Crippen LogP contribution in [0, 0.1) is 11.8 Å². The Kier molecular flexibility index (Phi) is 5.02. The molecule has 2 amide bonds. The fourth-order valence-corrected chi connectivity index (χ4v) is 3.14. The third-order valence-corrected chi connectivity index (χ3v) is 4.54. The molecule has 114 valence electrons. The summed E-state index contributed by atoms with van der Waals surface area (Å²) in [7, 11) is 1.63. The van der Waals surface area contributed by atoms with Gasteiger partial charge in [0.1, 0.15) is 0 Å². The van der Waals surface area contributed by atoms with Crippen LogP contribution in [0.2, 0.25) is 0 Å². The zero-order valence-electron chi connectivity index (χ0n) is 12.8. The Morgan fingerprint density at radius 3 is 2.65 bits per heavy atom. The number of hydrogen-bond acceptors (Lipinski definition) is 3. The molecule has 2 saturated heterocycles. The Morgan fingerprint density at radius 1 is 1.40 bits per heavy atom. The molecule has 0 unspecified atom stereocenters. The number of ether oxygens (including phenoxy) is 1. The first kappa shape index (κ1) is 15.3. The van der Waals surface area contributed by atoms with Gasteiger partial charge in [-0.05, 0) is 25.7 Å². The van der Waals surface area contributed by atoms with Crippen molar-refractivity contribution in [2.24, 2.45) is 11.8 Å². The lowest BCUT2D eigenvalue weighted by atomic mass is 9.97. The second-order valence-electron chi connectivity index (χ2n) is 6.26. The molecule has 2 atom stereocenters. The third-order valence-electron chi connectivity index (χ3n) is 4.54. The second-order valence-corrected chi connectivity index (χ2v) is 6.26. The minimum absolute atomic E-state index is 0.0479. The van der Waals surface area contributed by atoms with Gasteiger partial charge >= 0.3 is 0 Å². The van der Waals surface area contributed by atoms with E-state index < -0.39 is 0 Å². The highest BCUT2D eigenvalue weighted by molar-refractivity contribution is 5.89. The SMILES string of the molecule is COC[C@H](C)N1C[C@H](C(=O)N2CCC(C)CC2)CC1=O. The lowest BCUT2D eigenvalue weighted by molar-refractivity contribution is -0.137. The molecule has 0 N–H and O–H groups in total. The molecular weight excluding hydrogens is 256 g/mol. The van der Waals surface area contributed by atoms with Crippen molar-refractivity contribution < 1.29 is 14.3 Å². The molecule has 5 heteroatoms. The summed E-state index contributed by atoms with van der Waals surface area (Å²) in [6, 6.07) is 0.0479. The lowest BCUT2D eigenvalue weighted by Crippen LogP contribution is -2.43. The molecule has 2 rings (SSSR count). The molecule has 0 aromatic rings. The van der Waals surface area contributed by atoms with Crippen LogP contribution in [0.3, 0.4) is 0 Å². The van der Waals surface area contributed by atoms with E-state index in [-0.39, 0.29) is 23.8 Å². The van der Waals surface area contributed by atoms with Crippen molar-refractivity contribution in [1.29, 1.82) is 0 Å². The Morgan fingerprint density at radius 2 is 2.05 bits per heavy atom. The van der Waals surface area contributed by atoms with Gasteiger partial charge in [-0.15, -0.1) is 0 Å². The Bertz CT molecular complexity index is 364. The topological polar surface area (TPSA) is 49.9 Å². The van der Waals surface area contributed by atoms with Crippen LogP contribution in [0.5, 0.6) is 0 Å². The van der Waals surface area contributed by atoms with Gasteiger partial charge < -0.3 is 14.5 Å². The van der Waals surface area contributed by atoms with Crippen LogP contribution >= 0.6 is 0 Å². The van der Waals surface area contributed by atoms with E-state index in [1.807, 2.05) is 11.8 Å². The Balaban J connectivity index is 1.91. The van der Waals surface area contributed by atoms with Gasteiger partial charge in [0.15, 0.2) is 0 Å². The fraction of sp³-hybridized carbons (Fsp3) is 0.867. The van der Waals surface area contributed by atoms with Gasteiger partial charge in [-0.1, -0.05) is 6.92 Å². The largest absolute Gasteiger partial charge is 0.383 e. The van der Waals surface area contributed by atoms with Gasteiger partial charge in [0.2, 0.25) is 11.8 Å². The van der Waals surface area contributed by atoms with E-state index in [0.29, 0.717) is 25.5 Å². The first-order valence-electron chi connectivity index (χ1n) is 7.60. The van der Waals surface area contributed by atoms with Crippen molar-refractivity contribution >= 4 is 11.8 Å². The monoisotopic (exact) mass is 282 g/mol. The lowest BCUT2D eigenvalue weighted by Gasteiger charge is -2.32. The van der Waals surface area contributed by atoms with Gasteiger partial charge in [-0.25, -0.2) is 0 Å². The Labute approximate surface area is 121 Å². The molecule has 2 aliphatic heterocycles. The van der Waals surface area contributed by atoms with Crippen LogP contribution in [0.1, 0.15) is 33.1 Å². The normalized spacial score (nSPS) is 26.1. The van der Waals surface area contributed by atoms with E-state index in [1.165, 1.54) is 0 Å². The van der Waals surface area contributed by atoms with Crippen molar-refractivity contribution in [1.82, 2.24) is 9.80 Å². The van der Waals surface area contributed by atoms with Gasteiger partial charge in [-0.2, -0.15) is 0 Å². The number of piperidine rings is 1. The highest BCUT2D eigenvalue weighted by Gasteiger charge is 2.38. The summed E-state index contributed by atoms with van der Waals surface area (Å²) in [6.45, 7) is 6.96. The second kappa shape index (κ2) is 6.57. The molecule has 0 bridgehead atoms. The van der Waals surface area contributed by atoms with E-state index in [9.17, 15) is 9.59 Å². The average Bonchev–Trinajstić information content (AvgIpc) is 2.81. The van der Waals surface area contributed by atoms with Crippen LogP contribution in [0.4, 0.5) is 0 Å². The maximum Gasteiger partial charge on any atom is 0.227 e. The molecule has 2 heterocycles. The Hall–Kier alpha value is -1.10. The molecule has 0 aromatic heterocycles. The minimum atomic E-state index is -0.157. The van der Waals surface area contributed by atoms with Gasteiger partial charge in [0, 0.05) is 33.2 Å². The summed E-state index contributed by atoms with van der Waals surface area (Å²) >= 11 is 0. The highest BCUT2D eigenvalue weighted by Crippen LogP contribution is 2.25. The predicted molar refractivity (Wildman–Crippen MR) is 76.1 cm³/mol. The summed E-state index contributed by atoms with van der Waals surface area (Å²) in [5.41, 5.74) is 0. The van der Waals surface area contributed by atoms with Gasteiger partial charge in [0.05, 0.1) is 18.6 Å². The molecule has 20 heavy (non-hydrogen) atoms. The summed E-state index contributed by atoms with van der Waals surface area (Å²) < 4.78 is 5.10. The number of methoxy groups -OCH3 is 1. The zero-order chi connectivity index (χ0) is 14.7. The van der Waals surface area contributed by atoms with Crippen molar-refractivity contribution in [3.63, 3.8) is 0 Å². The van der Waals surface area contributed by atoms with Crippen LogP contribution in [0.25, 0.3) is 0 Å². The first-order valence-corrected chi connectivity index (χ1v) is 7.60. The predicted octanol–water partition coefficient (Wildman–Crippen LogP) is 1.13. The van der Waals surface area contributed by atoms with Crippen LogP contribution in [-0.2, 0) is 14.3 Å². The molecule has 0 radical (unpaired) electrons. The molecule has 2 fully saturated rings. The summed E-state index contributed by atoms with van der Waals surface area (Å²) in [4.78, 5) is 28.3. The minimum Gasteiger partial charge on any atom is -0.383 e. The van der Waals surface area contributed by atoms with E-state index in [4.69, 9.17) is 4.74 Å². The van der Waals surface area contributed by atoms with Crippen LogP contribution in [0.15, 0.2) is 0 Å². The molecule has 0 spiro atoms. The maximum absolute atomic E-state index is 12.5. The van der Waals surface area contributed by atoms with Crippen molar-refractivity contribution in [3.05, 3.63) is 0 Å². The smallest absolute Gasteiger partial charge is 0.227 e. The molecule has 5 nitrogen and oxygen atoms in total. The number of likely N-dealkylation sites (tertiary alicyclic amines) is 2. The summed E-state index contributed by atoms with van der Waals surface area (Å²) in [6.07, 6.45) is 2.52. The first-order chi connectivity index (χ1) is 9.52. The quantitative estimate of drug-likeness (QED) is 0.776. The van der Waals surface area contributed by atoms with Gasteiger partial charge in [0.25, 0.3) is 0 Å². The highest BCUT2D eigenvalue weighted by atomic mass is 16.5.